The summed E-state index contributed by atoms with van der Waals surface area (Å²) < 4.78 is 49.3. The number of nitrogens with two attached hydrogens (primary N) is 1. The lowest BCUT2D eigenvalue weighted by atomic mass is 10.1. The first kappa shape index (κ1) is 14.2. The lowest BCUT2D eigenvalue weighted by Crippen LogP contribution is -2.28. The van der Waals surface area contributed by atoms with Crippen molar-refractivity contribution >= 4 is 12.4 Å². The van der Waals surface area contributed by atoms with Crippen molar-refractivity contribution in [3.05, 3.63) is 35.1 Å². The fourth-order valence-corrected chi connectivity index (χ4v) is 0.992. The lowest BCUT2D eigenvalue weighted by Gasteiger charge is -2.16. The molecule has 0 aliphatic rings. The largest absolute Gasteiger partial charge is 0.407 e. The highest BCUT2D eigenvalue weighted by molar-refractivity contribution is 5.85. The molecule has 1 rings (SSSR count). The minimum atomic E-state index is -4.54. The van der Waals surface area contributed by atoms with E-state index in [2.05, 4.69) is 0 Å². The minimum absolute atomic E-state index is 0. The van der Waals surface area contributed by atoms with Gasteiger partial charge in [0.25, 0.3) is 0 Å². The van der Waals surface area contributed by atoms with Gasteiger partial charge in [-0.1, -0.05) is 12.1 Å². The SMILES string of the molecule is Cc1ccc([C@@H](N)C(F)(F)F)cc1F.Cl. The summed E-state index contributed by atoms with van der Waals surface area (Å²) in [5.74, 6) is -0.679. The first-order valence-electron chi connectivity index (χ1n) is 3.90. The molecule has 1 aromatic carbocycles. The van der Waals surface area contributed by atoms with E-state index in [4.69, 9.17) is 5.73 Å². The highest BCUT2D eigenvalue weighted by atomic mass is 35.5. The topological polar surface area (TPSA) is 26.0 Å². The molecule has 86 valence electrons. The number of hydrogen-bond donors (Lipinski definition) is 1. The van der Waals surface area contributed by atoms with Crippen LogP contribution in [0.15, 0.2) is 18.2 Å². The highest BCUT2D eigenvalue weighted by Gasteiger charge is 2.37. The number of aryl methyl sites for hydroxylation is 1. The first-order valence-corrected chi connectivity index (χ1v) is 3.90. The summed E-state index contributed by atoms with van der Waals surface area (Å²) >= 11 is 0. The summed E-state index contributed by atoms with van der Waals surface area (Å²) in [6.45, 7) is 1.47. The van der Waals surface area contributed by atoms with Crippen LogP contribution in [0.1, 0.15) is 17.2 Å². The summed E-state index contributed by atoms with van der Waals surface area (Å²) in [7, 11) is 0. The molecule has 0 aromatic heterocycles. The van der Waals surface area contributed by atoms with Crippen LogP contribution < -0.4 is 5.73 Å². The number of hydrogen-bond acceptors (Lipinski definition) is 1. The molecule has 0 heterocycles. The van der Waals surface area contributed by atoms with Crippen molar-refractivity contribution in [3.63, 3.8) is 0 Å². The molecular weight excluding hydrogens is 234 g/mol. The molecule has 6 heteroatoms. The second kappa shape index (κ2) is 4.81. The standard InChI is InChI=1S/C9H9F4N.ClH/c1-5-2-3-6(4-7(5)10)8(14)9(11,12)13;/h2-4,8H,14H2,1H3;1H/t8-;/m1./s1. The van der Waals surface area contributed by atoms with Gasteiger partial charge in [-0.2, -0.15) is 13.2 Å². The van der Waals surface area contributed by atoms with Gasteiger partial charge in [0.2, 0.25) is 0 Å². The number of alkyl halides is 3. The van der Waals surface area contributed by atoms with Crippen LogP contribution in [-0.2, 0) is 0 Å². The molecular formula is C9H10ClF4N. The van der Waals surface area contributed by atoms with E-state index < -0.39 is 18.0 Å². The quantitative estimate of drug-likeness (QED) is 0.754. The predicted octanol–water partition coefficient (Wildman–Crippen LogP) is 3.12. The monoisotopic (exact) mass is 243 g/mol. The molecule has 0 bridgehead atoms. The Bertz CT molecular complexity index is 337. The molecule has 0 aliphatic heterocycles. The van der Waals surface area contributed by atoms with Gasteiger partial charge in [-0.3, -0.25) is 0 Å². The predicted molar refractivity (Wildman–Crippen MR) is 51.4 cm³/mol. The van der Waals surface area contributed by atoms with Crippen LogP contribution in [0.2, 0.25) is 0 Å². The zero-order valence-corrected chi connectivity index (χ0v) is 8.62. The molecule has 15 heavy (non-hydrogen) atoms. The normalized spacial score (nSPS) is 13.2. The fourth-order valence-electron chi connectivity index (χ4n) is 0.992. The van der Waals surface area contributed by atoms with E-state index in [1.54, 1.807) is 0 Å². The summed E-state index contributed by atoms with van der Waals surface area (Å²) in [6.07, 6.45) is -4.54. The van der Waals surface area contributed by atoms with Crippen molar-refractivity contribution in [1.82, 2.24) is 0 Å². The van der Waals surface area contributed by atoms with Gasteiger partial charge in [0.1, 0.15) is 11.9 Å². The second-order valence-electron chi connectivity index (χ2n) is 3.03. The van der Waals surface area contributed by atoms with E-state index in [1.807, 2.05) is 0 Å². The van der Waals surface area contributed by atoms with Gasteiger partial charge < -0.3 is 5.73 Å². The van der Waals surface area contributed by atoms with Crippen molar-refractivity contribution in [3.8, 4) is 0 Å². The summed E-state index contributed by atoms with van der Waals surface area (Å²) in [4.78, 5) is 0. The highest BCUT2D eigenvalue weighted by Crippen LogP contribution is 2.30. The van der Waals surface area contributed by atoms with Crippen molar-refractivity contribution in [2.24, 2.45) is 5.73 Å². The molecule has 0 aliphatic carbocycles. The molecule has 0 fully saturated rings. The molecule has 0 amide bonds. The van der Waals surface area contributed by atoms with Gasteiger partial charge >= 0.3 is 6.18 Å². The fraction of sp³-hybridized carbons (Fsp3) is 0.333. The number of halogens is 5. The molecule has 0 radical (unpaired) electrons. The van der Waals surface area contributed by atoms with Gasteiger partial charge in [-0.05, 0) is 24.1 Å². The van der Waals surface area contributed by atoms with Crippen molar-refractivity contribution in [2.75, 3.05) is 0 Å². The maximum absolute atomic E-state index is 12.9. The van der Waals surface area contributed by atoms with Crippen LogP contribution in [-0.4, -0.2) is 6.18 Å². The van der Waals surface area contributed by atoms with Crippen LogP contribution >= 0.6 is 12.4 Å². The van der Waals surface area contributed by atoms with Crippen molar-refractivity contribution in [2.45, 2.75) is 19.1 Å². The third kappa shape index (κ3) is 3.35. The minimum Gasteiger partial charge on any atom is -0.316 e. The molecule has 0 unspecified atom stereocenters. The third-order valence-electron chi connectivity index (χ3n) is 1.91. The maximum Gasteiger partial charge on any atom is 0.407 e. The number of rotatable bonds is 1. The number of benzene rings is 1. The summed E-state index contributed by atoms with van der Waals surface area (Å²) in [5.41, 5.74) is 4.93. The maximum atomic E-state index is 12.9. The molecule has 2 N–H and O–H groups in total. The van der Waals surface area contributed by atoms with Crippen molar-refractivity contribution in [1.29, 1.82) is 0 Å². The van der Waals surface area contributed by atoms with Crippen LogP contribution in [0.5, 0.6) is 0 Å². The van der Waals surface area contributed by atoms with E-state index in [-0.39, 0.29) is 18.0 Å². The Kier molecular flexibility index (Phi) is 4.55. The van der Waals surface area contributed by atoms with E-state index in [9.17, 15) is 17.6 Å². The molecule has 0 saturated carbocycles. The van der Waals surface area contributed by atoms with E-state index >= 15 is 0 Å². The second-order valence-corrected chi connectivity index (χ2v) is 3.03. The average Bonchev–Trinajstić information content (AvgIpc) is 2.07. The van der Waals surface area contributed by atoms with Crippen molar-refractivity contribution < 1.29 is 17.6 Å². The van der Waals surface area contributed by atoms with Gasteiger partial charge in [0.05, 0.1) is 0 Å². The van der Waals surface area contributed by atoms with E-state index in [0.29, 0.717) is 5.56 Å². The molecule has 1 aromatic rings. The van der Waals surface area contributed by atoms with Crippen LogP contribution in [0, 0.1) is 12.7 Å². The van der Waals surface area contributed by atoms with E-state index in [1.165, 1.54) is 19.1 Å². The zero-order chi connectivity index (χ0) is 10.9. The molecule has 0 saturated heterocycles. The molecule has 1 atom stereocenters. The average molecular weight is 244 g/mol. The summed E-state index contributed by atoms with van der Waals surface area (Å²) in [6, 6.07) is 1.14. The van der Waals surface area contributed by atoms with Gasteiger partial charge in [-0.25, -0.2) is 4.39 Å². The van der Waals surface area contributed by atoms with Crippen LogP contribution in [0.3, 0.4) is 0 Å². The van der Waals surface area contributed by atoms with E-state index in [0.717, 1.165) is 6.07 Å². The van der Waals surface area contributed by atoms with Crippen LogP contribution in [0.4, 0.5) is 17.6 Å². The third-order valence-corrected chi connectivity index (χ3v) is 1.91. The Balaban J connectivity index is 0.00000196. The molecule has 0 spiro atoms. The molecule has 1 nitrogen and oxygen atoms in total. The van der Waals surface area contributed by atoms with Gasteiger partial charge in [0.15, 0.2) is 0 Å². The Labute approximate surface area is 90.7 Å². The smallest absolute Gasteiger partial charge is 0.316 e. The van der Waals surface area contributed by atoms with Gasteiger partial charge in [0, 0.05) is 0 Å². The summed E-state index contributed by atoms with van der Waals surface area (Å²) in [5, 5.41) is 0. The first-order chi connectivity index (χ1) is 6.32. The Morgan fingerprint density at radius 3 is 2.20 bits per heavy atom. The van der Waals surface area contributed by atoms with Crippen LogP contribution in [0.25, 0.3) is 0 Å². The Morgan fingerprint density at radius 2 is 1.80 bits per heavy atom. The Morgan fingerprint density at radius 1 is 1.27 bits per heavy atom. The zero-order valence-electron chi connectivity index (χ0n) is 7.81. The lowest BCUT2D eigenvalue weighted by molar-refractivity contribution is -0.149. The Hall–Kier alpha value is -0.810. The van der Waals surface area contributed by atoms with Gasteiger partial charge in [-0.15, -0.1) is 12.4 Å².